The maximum Gasteiger partial charge on any atom is 0.243 e. The van der Waals surface area contributed by atoms with Crippen LogP contribution in [0.4, 0.5) is 5.69 Å². The van der Waals surface area contributed by atoms with Gasteiger partial charge in [0.25, 0.3) is 0 Å². The highest BCUT2D eigenvalue weighted by Crippen LogP contribution is 2.34. The topological polar surface area (TPSA) is 123 Å². The summed E-state index contributed by atoms with van der Waals surface area (Å²) in [6.07, 6.45) is 2.81. The summed E-state index contributed by atoms with van der Waals surface area (Å²) in [6.45, 7) is 2.29. The number of nitrogens with one attached hydrogen (secondary N) is 3. The number of benzene rings is 2. The average Bonchev–Trinajstić information content (AvgIpc) is 3.30. The van der Waals surface area contributed by atoms with Gasteiger partial charge in [-0.15, -0.1) is 0 Å². The van der Waals surface area contributed by atoms with Crippen molar-refractivity contribution < 1.29 is 27.5 Å². The quantitative estimate of drug-likeness (QED) is 0.526. The molecule has 0 aromatic heterocycles. The summed E-state index contributed by atoms with van der Waals surface area (Å²) in [5.41, 5.74) is 1.57. The molecule has 34 heavy (non-hydrogen) atoms. The van der Waals surface area contributed by atoms with Crippen molar-refractivity contribution in [2.45, 2.75) is 37.5 Å². The lowest BCUT2D eigenvalue weighted by atomic mass is 9.81. The Labute approximate surface area is 199 Å². The number of hydrogen-bond acceptors (Lipinski definition) is 6. The van der Waals surface area contributed by atoms with E-state index < -0.39 is 10.0 Å². The lowest BCUT2D eigenvalue weighted by Crippen LogP contribution is -2.39. The van der Waals surface area contributed by atoms with E-state index >= 15 is 0 Å². The van der Waals surface area contributed by atoms with Crippen LogP contribution in [0.15, 0.2) is 47.4 Å². The number of ether oxygens (including phenoxy) is 2. The third kappa shape index (κ3) is 6.06. The second-order valence-corrected chi connectivity index (χ2v) is 10.5. The van der Waals surface area contributed by atoms with Gasteiger partial charge in [0.15, 0.2) is 11.5 Å². The van der Waals surface area contributed by atoms with Gasteiger partial charge in [-0.05, 0) is 62.8 Å². The van der Waals surface area contributed by atoms with Crippen molar-refractivity contribution in [2.24, 2.45) is 11.8 Å². The second kappa shape index (κ2) is 10.4. The molecule has 2 aromatic carbocycles. The minimum Gasteiger partial charge on any atom is -0.454 e. The van der Waals surface area contributed by atoms with Gasteiger partial charge in [0.2, 0.25) is 28.6 Å². The summed E-state index contributed by atoms with van der Waals surface area (Å²) in [4.78, 5) is 25.0. The van der Waals surface area contributed by atoms with Crippen LogP contribution in [0.3, 0.4) is 0 Å². The van der Waals surface area contributed by atoms with Gasteiger partial charge in [-0.2, -0.15) is 0 Å². The minimum atomic E-state index is -3.54. The molecule has 0 saturated heterocycles. The molecular formula is C24H29N3O6S. The van der Waals surface area contributed by atoms with Crippen molar-refractivity contribution in [3.63, 3.8) is 0 Å². The first-order valence-electron chi connectivity index (χ1n) is 11.3. The van der Waals surface area contributed by atoms with Crippen LogP contribution in [0.5, 0.6) is 11.5 Å². The molecular weight excluding hydrogens is 458 g/mol. The molecule has 0 unspecified atom stereocenters. The van der Waals surface area contributed by atoms with Gasteiger partial charge >= 0.3 is 0 Å². The van der Waals surface area contributed by atoms with Crippen molar-refractivity contribution in [3.05, 3.63) is 48.0 Å². The summed E-state index contributed by atoms with van der Waals surface area (Å²) in [7, 11) is -3.54. The van der Waals surface area contributed by atoms with Crippen LogP contribution in [-0.2, 0) is 19.6 Å². The van der Waals surface area contributed by atoms with E-state index in [1.54, 1.807) is 42.5 Å². The second-order valence-electron chi connectivity index (χ2n) is 8.72. The van der Waals surface area contributed by atoms with E-state index in [0.29, 0.717) is 36.6 Å². The van der Waals surface area contributed by atoms with Crippen molar-refractivity contribution in [2.75, 3.05) is 25.2 Å². The van der Waals surface area contributed by atoms with Crippen LogP contribution >= 0.6 is 0 Å². The SMILES string of the molecule is Cc1ccc(S(=O)(=O)NCC2CCC(C(=O)NCC(=O)Nc3ccc4c(c3)OCO4)CC2)cc1. The van der Waals surface area contributed by atoms with Crippen LogP contribution in [0.2, 0.25) is 0 Å². The Balaban J connectivity index is 1.17. The molecule has 182 valence electrons. The molecule has 10 heteroatoms. The number of hydrogen-bond donors (Lipinski definition) is 3. The standard InChI is InChI=1S/C24H29N3O6S/c1-16-2-9-20(10-3-16)34(30,31)26-13-17-4-6-18(7-5-17)24(29)25-14-23(28)27-19-8-11-21-22(12-19)33-15-32-21/h2-3,8-12,17-18,26H,4-7,13-15H2,1H3,(H,25,29)(H,27,28). The first-order chi connectivity index (χ1) is 16.3. The molecule has 9 nitrogen and oxygen atoms in total. The first-order valence-corrected chi connectivity index (χ1v) is 12.8. The van der Waals surface area contributed by atoms with Gasteiger partial charge in [0, 0.05) is 24.2 Å². The normalized spacial score (nSPS) is 19.4. The predicted molar refractivity (Wildman–Crippen MR) is 126 cm³/mol. The number of carbonyl (C=O) groups excluding carboxylic acids is 2. The van der Waals surface area contributed by atoms with Gasteiger partial charge in [0.1, 0.15) is 0 Å². The zero-order chi connectivity index (χ0) is 24.1. The van der Waals surface area contributed by atoms with Gasteiger partial charge < -0.3 is 20.1 Å². The van der Waals surface area contributed by atoms with Crippen LogP contribution in [0.25, 0.3) is 0 Å². The van der Waals surface area contributed by atoms with E-state index in [1.165, 1.54) is 0 Å². The molecule has 2 aromatic rings. The maximum absolute atomic E-state index is 12.5. The Bertz CT molecular complexity index is 1140. The molecule has 2 aliphatic rings. The summed E-state index contributed by atoms with van der Waals surface area (Å²) < 4.78 is 38.2. The Kier molecular flexibility index (Phi) is 7.38. The summed E-state index contributed by atoms with van der Waals surface area (Å²) in [5.74, 6) is 0.720. The third-order valence-electron chi connectivity index (χ3n) is 6.19. The lowest BCUT2D eigenvalue weighted by molar-refractivity contribution is -0.128. The third-order valence-corrected chi connectivity index (χ3v) is 7.63. The van der Waals surface area contributed by atoms with Crippen molar-refractivity contribution in [3.8, 4) is 11.5 Å². The summed E-state index contributed by atoms with van der Waals surface area (Å²) in [5, 5.41) is 5.43. The fourth-order valence-corrected chi connectivity index (χ4v) is 5.26. The number of anilines is 1. The smallest absolute Gasteiger partial charge is 0.243 e. The molecule has 1 heterocycles. The largest absolute Gasteiger partial charge is 0.454 e. The molecule has 4 rings (SSSR count). The fraction of sp³-hybridized carbons (Fsp3) is 0.417. The Morgan fingerprint density at radius 2 is 1.68 bits per heavy atom. The Morgan fingerprint density at radius 1 is 0.971 bits per heavy atom. The number of amides is 2. The van der Waals surface area contributed by atoms with Crippen LogP contribution in [0.1, 0.15) is 31.2 Å². The maximum atomic E-state index is 12.5. The van der Waals surface area contributed by atoms with E-state index in [0.717, 1.165) is 18.4 Å². The molecule has 1 saturated carbocycles. The monoisotopic (exact) mass is 487 g/mol. The molecule has 0 radical (unpaired) electrons. The number of aryl methyl sites for hydroxylation is 1. The molecule has 3 N–H and O–H groups in total. The van der Waals surface area contributed by atoms with Crippen LogP contribution in [-0.4, -0.2) is 40.1 Å². The predicted octanol–water partition coefficient (Wildman–Crippen LogP) is 2.56. The summed E-state index contributed by atoms with van der Waals surface area (Å²) >= 11 is 0. The summed E-state index contributed by atoms with van der Waals surface area (Å²) in [6, 6.07) is 11.8. The minimum absolute atomic E-state index is 0.121. The molecule has 1 aliphatic carbocycles. The van der Waals surface area contributed by atoms with E-state index in [4.69, 9.17) is 9.47 Å². The number of rotatable bonds is 8. The highest BCUT2D eigenvalue weighted by Gasteiger charge is 2.27. The zero-order valence-electron chi connectivity index (χ0n) is 19.0. The van der Waals surface area contributed by atoms with Gasteiger partial charge in [-0.25, -0.2) is 13.1 Å². The Morgan fingerprint density at radius 3 is 2.41 bits per heavy atom. The van der Waals surface area contributed by atoms with E-state index in [-0.39, 0.29) is 41.9 Å². The van der Waals surface area contributed by atoms with E-state index in [1.807, 2.05) is 6.92 Å². The molecule has 2 amide bonds. The zero-order valence-corrected chi connectivity index (χ0v) is 19.8. The highest BCUT2D eigenvalue weighted by molar-refractivity contribution is 7.89. The number of fused-ring (bicyclic) bond motifs is 1. The van der Waals surface area contributed by atoms with Crippen LogP contribution in [0, 0.1) is 18.8 Å². The van der Waals surface area contributed by atoms with E-state index in [9.17, 15) is 18.0 Å². The Hall–Kier alpha value is -3.11. The number of sulfonamides is 1. The van der Waals surface area contributed by atoms with Crippen molar-refractivity contribution in [1.29, 1.82) is 0 Å². The van der Waals surface area contributed by atoms with E-state index in [2.05, 4.69) is 15.4 Å². The van der Waals surface area contributed by atoms with Crippen molar-refractivity contribution >= 4 is 27.5 Å². The lowest BCUT2D eigenvalue weighted by Gasteiger charge is -2.27. The molecule has 1 aliphatic heterocycles. The van der Waals surface area contributed by atoms with Gasteiger partial charge in [-0.3, -0.25) is 9.59 Å². The number of carbonyl (C=O) groups is 2. The van der Waals surface area contributed by atoms with Crippen LogP contribution < -0.4 is 24.8 Å². The molecule has 0 spiro atoms. The van der Waals surface area contributed by atoms with Gasteiger partial charge in [0.05, 0.1) is 11.4 Å². The van der Waals surface area contributed by atoms with Crippen molar-refractivity contribution in [1.82, 2.24) is 10.0 Å². The van der Waals surface area contributed by atoms with Gasteiger partial charge in [-0.1, -0.05) is 17.7 Å². The molecule has 0 atom stereocenters. The highest BCUT2D eigenvalue weighted by atomic mass is 32.2. The molecule has 1 fully saturated rings. The average molecular weight is 488 g/mol. The first kappa shape index (κ1) is 24.0. The molecule has 0 bridgehead atoms. The fourth-order valence-electron chi connectivity index (χ4n) is 4.15.